The molecule has 11 N–H and O–H groups in total. The molecule has 16 heteroatoms. The molecule has 2 aliphatic heterocycles. The molecule has 0 spiro atoms. The first-order chi connectivity index (χ1) is 12.5. The minimum absolute atomic E-state index is 0. The molecule has 2 aliphatic rings. The van der Waals surface area contributed by atoms with Gasteiger partial charge in [-0.15, -0.1) is 0 Å². The van der Waals surface area contributed by atoms with E-state index in [-0.39, 0.29) is 6.15 Å². The molecule has 168 valence electrons. The van der Waals surface area contributed by atoms with Gasteiger partial charge in [0.05, 0.1) is 13.2 Å². The van der Waals surface area contributed by atoms with E-state index in [1.54, 1.807) is 0 Å². The lowest BCUT2D eigenvalue weighted by Gasteiger charge is -2.43. The van der Waals surface area contributed by atoms with Gasteiger partial charge in [-0.1, -0.05) is 0 Å². The molecular weight excluding hydrogens is 414 g/mol. The second kappa shape index (κ2) is 9.49. The van der Waals surface area contributed by atoms with Crippen molar-refractivity contribution in [3.8, 4) is 0 Å². The van der Waals surface area contributed by atoms with Gasteiger partial charge in [0.2, 0.25) is 5.79 Å². The molecule has 28 heavy (non-hydrogen) atoms. The monoisotopic (exact) mass is 439 g/mol. The zero-order valence-corrected chi connectivity index (χ0v) is 15.2. The van der Waals surface area contributed by atoms with Crippen LogP contribution in [0.4, 0.5) is 0 Å². The predicted octanol–water partition coefficient (Wildman–Crippen LogP) is -5.41. The molecule has 0 radical (unpaired) electrons. The molecule has 15 nitrogen and oxygen atoms in total. The lowest BCUT2D eigenvalue weighted by molar-refractivity contribution is -0.382. The quantitative estimate of drug-likeness (QED) is 0.167. The molecule has 0 aliphatic carbocycles. The van der Waals surface area contributed by atoms with Gasteiger partial charge in [0.15, 0.2) is 12.4 Å². The zero-order chi connectivity index (χ0) is 20.6. The Kier molecular flexibility index (Phi) is 8.63. The first kappa shape index (κ1) is 25.5. The summed E-state index contributed by atoms with van der Waals surface area (Å²) in [4.78, 5) is 0. The maximum absolute atomic E-state index is 11.1. The fourth-order valence-corrected chi connectivity index (χ4v) is 3.40. The maximum Gasteiger partial charge on any atom is 0.397 e. The van der Waals surface area contributed by atoms with Gasteiger partial charge < -0.3 is 56.1 Å². The Morgan fingerprint density at radius 3 is 1.93 bits per heavy atom. The van der Waals surface area contributed by atoms with Crippen LogP contribution in [0.2, 0.25) is 0 Å². The molecule has 2 fully saturated rings. The van der Waals surface area contributed by atoms with E-state index in [0.717, 1.165) is 0 Å². The largest absolute Gasteiger partial charge is 0.397 e. The summed E-state index contributed by atoms with van der Waals surface area (Å²) in [6, 6.07) is 0. The van der Waals surface area contributed by atoms with Crippen molar-refractivity contribution in [2.24, 2.45) is 0 Å². The average Bonchev–Trinajstić information content (AvgIpc) is 2.86. The van der Waals surface area contributed by atoms with E-state index in [0.29, 0.717) is 0 Å². The van der Waals surface area contributed by atoms with Crippen LogP contribution < -0.4 is 6.15 Å². The highest BCUT2D eigenvalue weighted by Crippen LogP contribution is 2.38. The number of aliphatic hydroxyl groups excluding tert-OH is 7. The van der Waals surface area contributed by atoms with Gasteiger partial charge in [0.25, 0.3) is 0 Å². The summed E-state index contributed by atoms with van der Waals surface area (Å²) in [5.41, 5.74) is 0. The van der Waals surface area contributed by atoms with Crippen LogP contribution in [0.3, 0.4) is 0 Å². The van der Waals surface area contributed by atoms with E-state index in [1.165, 1.54) is 0 Å². The summed E-state index contributed by atoms with van der Waals surface area (Å²) in [5.74, 6) is -2.57. The van der Waals surface area contributed by atoms with Crippen molar-refractivity contribution in [2.45, 2.75) is 54.8 Å². The van der Waals surface area contributed by atoms with Gasteiger partial charge in [-0.2, -0.15) is 8.42 Å². The second-order valence-electron chi connectivity index (χ2n) is 6.06. The van der Waals surface area contributed by atoms with Gasteiger partial charge in [-0.25, -0.2) is 4.18 Å². The van der Waals surface area contributed by atoms with Crippen molar-refractivity contribution in [2.75, 3.05) is 19.8 Å². The molecule has 2 saturated heterocycles. The van der Waals surface area contributed by atoms with E-state index in [4.69, 9.17) is 23.9 Å². The number of hydrogen-bond donors (Lipinski definition) is 9. The minimum atomic E-state index is -5.19. The molecule has 0 saturated carbocycles. The Balaban J connectivity index is 0.00000392. The summed E-state index contributed by atoms with van der Waals surface area (Å²) in [6.07, 6.45) is -14.4. The highest BCUT2D eigenvalue weighted by atomic mass is 32.3. The second-order valence-corrected chi connectivity index (χ2v) is 7.11. The third-order valence-corrected chi connectivity index (χ3v) is 4.72. The van der Waals surface area contributed by atoms with Gasteiger partial charge in [0.1, 0.15) is 43.2 Å². The number of aliphatic hydroxyl groups is 7. The van der Waals surface area contributed by atoms with Crippen LogP contribution in [-0.2, 0) is 28.8 Å². The van der Waals surface area contributed by atoms with E-state index >= 15 is 0 Å². The third-order valence-electron chi connectivity index (χ3n) is 4.27. The lowest BCUT2D eigenvalue weighted by Crippen LogP contribution is -2.63. The summed E-state index contributed by atoms with van der Waals surface area (Å²) >= 11 is 0. The number of hydrogen-bond acceptors (Lipinski definition) is 14. The number of ether oxygens (including phenoxy) is 3. The Morgan fingerprint density at radius 2 is 1.46 bits per heavy atom. The van der Waals surface area contributed by atoms with Crippen LogP contribution >= 0.6 is 0 Å². The zero-order valence-electron chi connectivity index (χ0n) is 14.4. The molecule has 0 aromatic heterocycles. The summed E-state index contributed by atoms with van der Waals surface area (Å²) in [7, 11) is -5.19. The molecule has 9 atom stereocenters. The van der Waals surface area contributed by atoms with Crippen LogP contribution in [0.1, 0.15) is 0 Å². The highest BCUT2D eigenvalue weighted by molar-refractivity contribution is 7.80. The molecule has 2 rings (SSSR count). The SMILES string of the molecule is N.O=S(=O)(O)O[C@H]1[C@H](O)[C@@H](CO)O[C@@]1(CO)O[C@H]1O[C@H](CO)[C@@H](O)[C@H](O)[C@H]1O. The van der Waals surface area contributed by atoms with E-state index in [2.05, 4.69) is 4.18 Å². The molecule has 0 unspecified atom stereocenters. The van der Waals surface area contributed by atoms with Crippen molar-refractivity contribution < 1.29 is 67.1 Å². The van der Waals surface area contributed by atoms with Gasteiger partial charge >= 0.3 is 10.4 Å². The van der Waals surface area contributed by atoms with Gasteiger partial charge in [-0.05, 0) is 0 Å². The van der Waals surface area contributed by atoms with Gasteiger partial charge in [-0.3, -0.25) is 4.55 Å². The Bertz CT molecular complexity index is 603. The van der Waals surface area contributed by atoms with Crippen LogP contribution in [0.15, 0.2) is 0 Å². The van der Waals surface area contributed by atoms with Gasteiger partial charge in [0, 0.05) is 0 Å². The first-order valence-electron chi connectivity index (χ1n) is 7.71. The van der Waals surface area contributed by atoms with Crippen LogP contribution in [0.5, 0.6) is 0 Å². The Hall–Kier alpha value is -0.570. The topological polar surface area (TPSA) is 268 Å². The van der Waals surface area contributed by atoms with Crippen LogP contribution in [-0.4, -0.2) is 123 Å². The highest BCUT2D eigenvalue weighted by Gasteiger charge is 2.61. The van der Waals surface area contributed by atoms with E-state index < -0.39 is 85.0 Å². The van der Waals surface area contributed by atoms with Crippen molar-refractivity contribution in [1.29, 1.82) is 0 Å². The molecule has 0 bridgehead atoms. The van der Waals surface area contributed by atoms with Crippen LogP contribution in [0, 0.1) is 0 Å². The van der Waals surface area contributed by atoms with Crippen molar-refractivity contribution >= 4 is 10.4 Å². The third kappa shape index (κ3) is 4.94. The predicted molar refractivity (Wildman–Crippen MR) is 84.1 cm³/mol. The molecular formula is C12H25NO14S. The first-order valence-corrected chi connectivity index (χ1v) is 9.07. The fraction of sp³-hybridized carbons (Fsp3) is 1.00. The Labute approximate surface area is 159 Å². The molecule has 0 amide bonds. The smallest absolute Gasteiger partial charge is 0.394 e. The fourth-order valence-electron chi connectivity index (χ4n) is 2.88. The maximum atomic E-state index is 11.1. The molecule has 0 aromatic rings. The average molecular weight is 439 g/mol. The molecule has 2 heterocycles. The van der Waals surface area contributed by atoms with Crippen molar-refractivity contribution in [3.05, 3.63) is 0 Å². The Morgan fingerprint density at radius 1 is 0.893 bits per heavy atom. The lowest BCUT2D eigenvalue weighted by atomic mass is 9.99. The standard InChI is InChI=1S/C12H22O14S.H3N/c13-1-4-6(16)8(18)9(19)11(23-4)25-12(3-15)10(26-27(20,21)22)7(17)5(2-14)24-12;/h4-11,13-19H,1-3H2,(H,20,21,22);1H3/t4-,5-,6-,7-,8+,9-,10+,11-,12+;/m1./s1. The summed E-state index contributed by atoms with van der Waals surface area (Å²) in [5, 5.41) is 67.6. The van der Waals surface area contributed by atoms with E-state index in [1.807, 2.05) is 0 Å². The summed E-state index contributed by atoms with van der Waals surface area (Å²) < 4.78 is 50.7. The van der Waals surface area contributed by atoms with Crippen molar-refractivity contribution in [3.63, 3.8) is 0 Å². The normalized spacial score (nSPS) is 44.3. The summed E-state index contributed by atoms with van der Waals surface area (Å²) in [6.45, 7) is -2.88. The number of rotatable bonds is 7. The van der Waals surface area contributed by atoms with Crippen LogP contribution in [0.25, 0.3) is 0 Å². The van der Waals surface area contributed by atoms with Crippen molar-refractivity contribution in [1.82, 2.24) is 6.15 Å². The molecule has 0 aromatic carbocycles. The minimum Gasteiger partial charge on any atom is -0.394 e. The van der Waals surface area contributed by atoms with E-state index in [9.17, 15) is 39.1 Å².